The molecule has 6 nitrogen and oxygen atoms in total. The lowest BCUT2D eigenvalue weighted by Crippen LogP contribution is -2.34. The number of rotatable bonds is 7. The number of quaternary nitrogens is 2. The van der Waals surface area contributed by atoms with Crippen LogP contribution in [0.15, 0.2) is 46.4 Å². The van der Waals surface area contributed by atoms with Crippen molar-refractivity contribution in [3.8, 4) is 11.5 Å². The van der Waals surface area contributed by atoms with Crippen molar-refractivity contribution in [1.82, 2.24) is 8.97 Å². The summed E-state index contributed by atoms with van der Waals surface area (Å²) in [5.74, 6) is 0.429. The molecule has 0 aromatic heterocycles. The van der Waals surface area contributed by atoms with Gasteiger partial charge in [-0.15, -0.1) is 0 Å². The molecule has 0 amide bonds. The molecule has 30 heavy (non-hydrogen) atoms. The van der Waals surface area contributed by atoms with Crippen LogP contribution in [-0.2, 0) is 0 Å². The van der Waals surface area contributed by atoms with Crippen molar-refractivity contribution in [1.29, 1.82) is 0 Å². The Morgan fingerprint density at radius 1 is 0.767 bits per heavy atom. The van der Waals surface area contributed by atoms with Gasteiger partial charge in [-0.1, -0.05) is 0 Å². The first-order valence-electron chi connectivity index (χ1n) is 10.0. The van der Waals surface area contributed by atoms with Crippen molar-refractivity contribution in [2.75, 3.05) is 48.8 Å². The van der Waals surface area contributed by atoms with Crippen LogP contribution in [-0.4, -0.2) is 77.0 Å². The second-order valence-corrected chi connectivity index (χ2v) is 10.1. The van der Waals surface area contributed by atoms with Crippen molar-refractivity contribution < 1.29 is 10.2 Å². The predicted octanol–water partition coefficient (Wildman–Crippen LogP) is 3.81. The SMILES string of the molecule is CC(C)(CN=Cc1ccc([N+](C)(C)C)cc1O)N=Cc1ccc([N+](C)(C)C)cc1O. The molecule has 6 heteroatoms. The van der Waals surface area contributed by atoms with Gasteiger partial charge in [-0.25, -0.2) is 0 Å². The summed E-state index contributed by atoms with van der Waals surface area (Å²) in [5.41, 5.74) is 2.95. The van der Waals surface area contributed by atoms with Gasteiger partial charge < -0.3 is 10.2 Å². The fraction of sp³-hybridized carbons (Fsp3) is 0.417. The summed E-state index contributed by atoms with van der Waals surface area (Å²) in [4.78, 5) is 9.09. The monoisotopic (exact) mass is 412 g/mol. The van der Waals surface area contributed by atoms with E-state index >= 15 is 0 Å². The molecule has 0 aliphatic carbocycles. The fourth-order valence-corrected chi connectivity index (χ4v) is 2.77. The summed E-state index contributed by atoms with van der Waals surface area (Å²) in [5, 5.41) is 20.6. The largest absolute Gasteiger partial charge is 0.507 e. The summed E-state index contributed by atoms with van der Waals surface area (Å²) in [6.45, 7) is 4.43. The number of nitrogens with zero attached hydrogens (tertiary/aromatic N) is 4. The molecule has 2 aromatic rings. The maximum absolute atomic E-state index is 10.3. The number of phenolic OH excluding ortho intramolecular Hbond substituents is 2. The zero-order valence-corrected chi connectivity index (χ0v) is 19.5. The van der Waals surface area contributed by atoms with Crippen molar-refractivity contribution in [2.45, 2.75) is 19.4 Å². The molecule has 0 unspecified atom stereocenters. The van der Waals surface area contributed by atoms with E-state index in [-0.39, 0.29) is 11.5 Å². The molecular weight excluding hydrogens is 376 g/mol. The highest BCUT2D eigenvalue weighted by molar-refractivity contribution is 5.85. The van der Waals surface area contributed by atoms with E-state index in [9.17, 15) is 10.2 Å². The van der Waals surface area contributed by atoms with Gasteiger partial charge in [0.25, 0.3) is 0 Å². The Labute approximate surface area is 180 Å². The molecule has 162 valence electrons. The number of hydrogen-bond donors (Lipinski definition) is 2. The minimum Gasteiger partial charge on any atom is -0.507 e. The number of aliphatic imine (C=N–C) groups is 2. The molecule has 0 heterocycles. The minimum absolute atomic E-state index is 0.214. The van der Waals surface area contributed by atoms with Crippen molar-refractivity contribution in [3.05, 3.63) is 47.5 Å². The molecule has 0 spiro atoms. The fourth-order valence-electron chi connectivity index (χ4n) is 2.77. The van der Waals surface area contributed by atoms with Crippen LogP contribution < -0.4 is 8.97 Å². The van der Waals surface area contributed by atoms with Crippen molar-refractivity contribution in [3.63, 3.8) is 0 Å². The van der Waals surface area contributed by atoms with E-state index in [1.54, 1.807) is 24.6 Å². The van der Waals surface area contributed by atoms with Crippen LogP contribution in [0.1, 0.15) is 25.0 Å². The lowest BCUT2D eigenvalue weighted by atomic mass is 10.1. The van der Waals surface area contributed by atoms with Crippen LogP contribution >= 0.6 is 0 Å². The topological polar surface area (TPSA) is 65.2 Å². The summed E-state index contributed by atoms with van der Waals surface area (Å²) in [6, 6.07) is 11.3. The maximum atomic E-state index is 10.3. The average Bonchev–Trinajstić information content (AvgIpc) is 2.60. The summed E-state index contributed by atoms with van der Waals surface area (Å²) in [7, 11) is 12.3. The highest BCUT2D eigenvalue weighted by Crippen LogP contribution is 2.26. The Bertz CT molecular complexity index is 949. The summed E-state index contributed by atoms with van der Waals surface area (Å²) < 4.78 is 1.27. The Morgan fingerprint density at radius 2 is 1.20 bits per heavy atom. The van der Waals surface area contributed by atoms with Crippen LogP contribution in [0.25, 0.3) is 0 Å². The molecule has 0 fully saturated rings. The molecule has 2 rings (SSSR count). The average molecular weight is 413 g/mol. The van der Waals surface area contributed by atoms with Gasteiger partial charge in [0.2, 0.25) is 0 Å². The Balaban J connectivity index is 2.09. The second kappa shape index (κ2) is 8.58. The smallest absolute Gasteiger partial charge is 0.135 e. The third kappa shape index (κ3) is 6.40. The standard InChI is InChI=1S/C24H34N4O2/c1-24(2,26-16-19-10-12-21(14-23(19)30)28(6,7)8)17-25-15-18-9-11-20(13-22(18)29)27(3,4)5/h9-16H,17H2,1-8H3/p+2. The third-order valence-electron chi connectivity index (χ3n) is 4.84. The molecule has 0 atom stereocenters. The van der Waals surface area contributed by atoms with E-state index in [1.165, 1.54) is 0 Å². The van der Waals surface area contributed by atoms with Crippen LogP contribution in [0.3, 0.4) is 0 Å². The molecule has 2 N–H and O–H groups in total. The molecule has 0 aliphatic heterocycles. The third-order valence-corrected chi connectivity index (χ3v) is 4.84. The number of aromatic hydroxyl groups is 2. The number of phenols is 2. The highest BCUT2D eigenvalue weighted by Gasteiger charge is 2.17. The predicted molar refractivity (Wildman–Crippen MR) is 129 cm³/mol. The van der Waals surface area contributed by atoms with Gasteiger partial charge in [0.15, 0.2) is 0 Å². The van der Waals surface area contributed by atoms with Crippen LogP contribution in [0.4, 0.5) is 11.4 Å². The van der Waals surface area contributed by atoms with Gasteiger partial charge >= 0.3 is 0 Å². The molecule has 0 bridgehead atoms. The maximum Gasteiger partial charge on any atom is 0.135 e. The quantitative estimate of drug-likeness (QED) is 0.536. The molecule has 2 aromatic carbocycles. The molecule has 0 radical (unpaired) electrons. The van der Waals surface area contributed by atoms with E-state index in [4.69, 9.17) is 0 Å². The van der Waals surface area contributed by atoms with E-state index in [2.05, 4.69) is 52.3 Å². The first-order chi connectivity index (χ1) is 13.7. The second-order valence-electron chi connectivity index (χ2n) is 10.1. The number of hydrogen-bond acceptors (Lipinski definition) is 4. The first-order valence-corrected chi connectivity index (χ1v) is 10.0. The number of benzene rings is 2. The molecule has 0 saturated carbocycles. The normalized spacial score (nSPS) is 13.5. The Kier molecular flexibility index (Phi) is 6.74. The molecular formula is C24H36N4O2+2. The van der Waals surface area contributed by atoms with Gasteiger partial charge in [-0.3, -0.25) is 19.0 Å². The van der Waals surface area contributed by atoms with Crippen LogP contribution in [0, 0.1) is 0 Å². The van der Waals surface area contributed by atoms with E-state index in [0.717, 1.165) is 11.4 Å². The van der Waals surface area contributed by atoms with E-state index < -0.39 is 5.54 Å². The lowest BCUT2D eigenvalue weighted by Gasteiger charge is -2.23. The Morgan fingerprint density at radius 3 is 1.60 bits per heavy atom. The Hall–Kier alpha value is -2.70. The van der Waals surface area contributed by atoms with E-state index in [1.807, 2.05) is 38.1 Å². The van der Waals surface area contributed by atoms with Crippen LogP contribution in [0.5, 0.6) is 11.5 Å². The van der Waals surface area contributed by atoms with Gasteiger partial charge in [-0.2, -0.15) is 0 Å². The van der Waals surface area contributed by atoms with Gasteiger partial charge in [0.1, 0.15) is 22.9 Å². The first kappa shape index (κ1) is 23.6. The van der Waals surface area contributed by atoms with Crippen molar-refractivity contribution >= 4 is 23.8 Å². The van der Waals surface area contributed by atoms with Gasteiger partial charge in [-0.05, 0) is 26.0 Å². The van der Waals surface area contributed by atoms with Crippen molar-refractivity contribution in [2.24, 2.45) is 9.98 Å². The highest BCUT2D eigenvalue weighted by atomic mass is 16.3. The lowest BCUT2D eigenvalue weighted by molar-refractivity contribution is 0.459. The summed E-state index contributed by atoms with van der Waals surface area (Å²) >= 11 is 0. The van der Waals surface area contributed by atoms with Gasteiger partial charge in [0.05, 0.1) is 54.4 Å². The molecule has 0 saturated heterocycles. The van der Waals surface area contributed by atoms with Crippen LogP contribution in [0.2, 0.25) is 0 Å². The summed E-state index contributed by atoms with van der Waals surface area (Å²) in [6.07, 6.45) is 3.37. The minimum atomic E-state index is -0.445. The zero-order valence-electron chi connectivity index (χ0n) is 19.5. The van der Waals surface area contributed by atoms with E-state index in [0.29, 0.717) is 26.6 Å². The van der Waals surface area contributed by atoms with Gasteiger partial charge in [0, 0.05) is 47.8 Å². The zero-order chi connectivity index (χ0) is 22.7. The molecule has 0 aliphatic rings.